The normalized spacial score (nSPS) is 12.7. The van der Waals surface area contributed by atoms with Crippen molar-refractivity contribution >= 4 is 11.6 Å². The van der Waals surface area contributed by atoms with E-state index >= 15 is 0 Å². The van der Waals surface area contributed by atoms with Crippen molar-refractivity contribution in [2.24, 2.45) is 0 Å². The maximum atomic E-state index is 12.6. The van der Waals surface area contributed by atoms with Gasteiger partial charge in [0.05, 0.1) is 25.3 Å². The molecule has 0 heterocycles. The molecular weight excluding hydrogens is 272 g/mol. The highest BCUT2D eigenvalue weighted by molar-refractivity contribution is 6.30. The summed E-state index contributed by atoms with van der Waals surface area (Å²) in [5.41, 5.74) is 0.563. The average Bonchev–Trinajstić information content (AvgIpc) is 2.51. The highest BCUT2D eigenvalue weighted by Gasteiger charge is 2.35. The Morgan fingerprint density at radius 1 is 0.810 bits per heavy atom. The second-order valence-electron chi connectivity index (χ2n) is 4.58. The van der Waals surface area contributed by atoms with Crippen LogP contribution in [0.1, 0.15) is 31.8 Å². The molecule has 1 aliphatic carbocycles. The molecule has 2 aromatic rings. The Labute approximate surface area is 120 Å². The van der Waals surface area contributed by atoms with Crippen LogP contribution < -0.4 is 9.47 Å². The lowest BCUT2D eigenvalue weighted by Gasteiger charge is -2.21. The third kappa shape index (κ3) is 1.71. The van der Waals surface area contributed by atoms with Gasteiger partial charge in [0.2, 0.25) is 0 Å². The average molecular weight is 284 g/mol. The standard InChI is InChI=1S/C16H12O5/c1-20-10-5-3-4-8-12(10)14(17)9-6-7-11(21-2)16(19)13(9)15(8)18/h3-7,19H,1-2H3. The van der Waals surface area contributed by atoms with E-state index in [1.807, 2.05) is 0 Å². The van der Waals surface area contributed by atoms with Gasteiger partial charge < -0.3 is 14.6 Å². The van der Waals surface area contributed by atoms with Crippen LogP contribution in [0.4, 0.5) is 0 Å². The summed E-state index contributed by atoms with van der Waals surface area (Å²) in [6.45, 7) is 0. The predicted molar refractivity (Wildman–Crippen MR) is 74.5 cm³/mol. The van der Waals surface area contributed by atoms with Gasteiger partial charge in [0.15, 0.2) is 23.1 Å². The number of methoxy groups -OCH3 is 2. The summed E-state index contributed by atoms with van der Waals surface area (Å²) in [7, 11) is 2.82. The van der Waals surface area contributed by atoms with Gasteiger partial charge in [0.25, 0.3) is 0 Å². The summed E-state index contributed by atoms with van der Waals surface area (Å²) < 4.78 is 10.2. The zero-order valence-electron chi connectivity index (χ0n) is 11.5. The maximum Gasteiger partial charge on any atom is 0.198 e. The molecule has 1 N–H and O–H groups in total. The van der Waals surface area contributed by atoms with Crippen LogP contribution in [0.3, 0.4) is 0 Å². The molecule has 106 valence electrons. The molecule has 5 heteroatoms. The van der Waals surface area contributed by atoms with Gasteiger partial charge in [-0.05, 0) is 18.2 Å². The molecule has 0 amide bonds. The Kier molecular flexibility index (Phi) is 2.90. The van der Waals surface area contributed by atoms with Gasteiger partial charge in [-0.1, -0.05) is 12.1 Å². The van der Waals surface area contributed by atoms with Crippen molar-refractivity contribution < 1.29 is 24.2 Å². The Hall–Kier alpha value is -2.82. The van der Waals surface area contributed by atoms with Crippen LogP contribution in [0, 0.1) is 0 Å². The van der Waals surface area contributed by atoms with Gasteiger partial charge in [-0.2, -0.15) is 0 Å². The minimum atomic E-state index is -0.421. The molecule has 0 spiro atoms. The highest BCUT2D eigenvalue weighted by atomic mass is 16.5. The molecule has 0 fully saturated rings. The summed E-state index contributed by atoms with van der Waals surface area (Å²) in [5, 5.41) is 10.1. The minimum Gasteiger partial charge on any atom is -0.504 e. The van der Waals surface area contributed by atoms with Gasteiger partial charge >= 0.3 is 0 Å². The lowest BCUT2D eigenvalue weighted by Crippen LogP contribution is -2.22. The molecule has 3 rings (SSSR count). The molecule has 0 bridgehead atoms. The van der Waals surface area contributed by atoms with Crippen molar-refractivity contribution in [1.29, 1.82) is 0 Å². The molecule has 0 radical (unpaired) electrons. The largest absolute Gasteiger partial charge is 0.504 e. The van der Waals surface area contributed by atoms with E-state index in [-0.39, 0.29) is 39.5 Å². The second-order valence-corrected chi connectivity index (χ2v) is 4.58. The lowest BCUT2D eigenvalue weighted by molar-refractivity contribution is 0.0973. The fourth-order valence-corrected chi connectivity index (χ4v) is 2.55. The Morgan fingerprint density at radius 2 is 1.43 bits per heavy atom. The zero-order chi connectivity index (χ0) is 15.1. The predicted octanol–water partition coefficient (Wildman–Crippen LogP) is 2.18. The van der Waals surface area contributed by atoms with Gasteiger partial charge in [-0.15, -0.1) is 0 Å². The van der Waals surface area contributed by atoms with Gasteiger partial charge in [-0.3, -0.25) is 9.59 Å². The number of phenols is 1. The van der Waals surface area contributed by atoms with E-state index in [4.69, 9.17) is 9.47 Å². The SMILES string of the molecule is COc1ccc2c(c1O)C(=O)c1cccc(OC)c1C2=O. The molecular formula is C16H12O5. The fourth-order valence-electron chi connectivity index (χ4n) is 2.55. The van der Waals surface area contributed by atoms with E-state index < -0.39 is 5.78 Å². The summed E-state index contributed by atoms with van der Waals surface area (Å²) >= 11 is 0. The summed E-state index contributed by atoms with van der Waals surface area (Å²) in [4.78, 5) is 25.2. The monoisotopic (exact) mass is 284 g/mol. The zero-order valence-corrected chi connectivity index (χ0v) is 11.5. The van der Waals surface area contributed by atoms with E-state index in [2.05, 4.69) is 0 Å². The van der Waals surface area contributed by atoms with Crippen LogP contribution in [-0.4, -0.2) is 30.9 Å². The summed E-state index contributed by atoms with van der Waals surface area (Å²) in [6.07, 6.45) is 0. The topological polar surface area (TPSA) is 72.8 Å². The number of hydrogen-bond acceptors (Lipinski definition) is 5. The number of carbonyl (C=O) groups is 2. The number of benzene rings is 2. The molecule has 0 aromatic heterocycles. The van der Waals surface area contributed by atoms with Crippen LogP contribution in [0.25, 0.3) is 0 Å². The first-order valence-electron chi connectivity index (χ1n) is 6.26. The molecule has 0 unspecified atom stereocenters. The van der Waals surface area contributed by atoms with Crippen LogP contribution in [0.2, 0.25) is 0 Å². The number of rotatable bonds is 2. The smallest absolute Gasteiger partial charge is 0.198 e. The number of ether oxygens (including phenoxy) is 2. The number of phenolic OH excluding ortho intramolecular Hbond substituents is 1. The molecule has 2 aromatic carbocycles. The van der Waals surface area contributed by atoms with Crippen molar-refractivity contribution in [3.63, 3.8) is 0 Å². The minimum absolute atomic E-state index is 0.0277. The van der Waals surface area contributed by atoms with Gasteiger partial charge in [0.1, 0.15) is 5.75 Å². The third-order valence-electron chi connectivity index (χ3n) is 3.55. The van der Waals surface area contributed by atoms with Gasteiger partial charge in [0, 0.05) is 11.1 Å². The van der Waals surface area contributed by atoms with Crippen LogP contribution >= 0.6 is 0 Å². The van der Waals surface area contributed by atoms with Crippen molar-refractivity contribution in [2.45, 2.75) is 0 Å². The number of carbonyl (C=O) groups excluding carboxylic acids is 2. The third-order valence-corrected chi connectivity index (χ3v) is 3.55. The van der Waals surface area contributed by atoms with Crippen molar-refractivity contribution in [3.05, 3.63) is 52.6 Å². The van der Waals surface area contributed by atoms with E-state index in [0.717, 1.165) is 0 Å². The Bertz CT molecular complexity index is 776. The van der Waals surface area contributed by atoms with E-state index in [9.17, 15) is 14.7 Å². The Morgan fingerprint density at radius 3 is 2.10 bits per heavy atom. The fraction of sp³-hybridized carbons (Fsp3) is 0.125. The number of aromatic hydroxyl groups is 1. The van der Waals surface area contributed by atoms with E-state index in [0.29, 0.717) is 5.75 Å². The molecule has 21 heavy (non-hydrogen) atoms. The van der Waals surface area contributed by atoms with Crippen LogP contribution in [-0.2, 0) is 0 Å². The molecule has 0 saturated carbocycles. The molecule has 0 atom stereocenters. The lowest BCUT2D eigenvalue weighted by atomic mass is 9.83. The molecule has 5 nitrogen and oxygen atoms in total. The second kappa shape index (κ2) is 4.63. The van der Waals surface area contributed by atoms with Crippen molar-refractivity contribution in [2.75, 3.05) is 14.2 Å². The molecule has 1 aliphatic rings. The maximum absolute atomic E-state index is 12.6. The summed E-state index contributed by atoms with van der Waals surface area (Å²) in [6, 6.07) is 7.73. The molecule has 0 aliphatic heterocycles. The number of ketones is 2. The first-order valence-corrected chi connectivity index (χ1v) is 6.26. The van der Waals surface area contributed by atoms with E-state index in [1.54, 1.807) is 18.2 Å². The first-order chi connectivity index (χ1) is 10.1. The number of hydrogen-bond donors (Lipinski definition) is 1. The number of fused-ring (bicyclic) bond motifs is 2. The van der Waals surface area contributed by atoms with Crippen LogP contribution in [0.15, 0.2) is 30.3 Å². The highest BCUT2D eigenvalue weighted by Crippen LogP contribution is 2.40. The van der Waals surface area contributed by atoms with E-state index in [1.165, 1.54) is 26.4 Å². The first kappa shape index (κ1) is 13.2. The van der Waals surface area contributed by atoms with Gasteiger partial charge in [-0.25, -0.2) is 0 Å². The van der Waals surface area contributed by atoms with Crippen molar-refractivity contribution in [1.82, 2.24) is 0 Å². The van der Waals surface area contributed by atoms with Crippen molar-refractivity contribution in [3.8, 4) is 17.2 Å². The quantitative estimate of drug-likeness (QED) is 0.781. The summed E-state index contributed by atoms with van der Waals surface area (Å²) in [5.74, 6) is -0.597. The molecule has 0 saturated heterocycles. The van der Waals surface area contributed by atoms with Crippen LogP contribution in [0.5, 0.6) is 17.2 Å². The Balaban J connectivity index is 2.33.